The summed E-state index contributed by atoms with van der Waals surface area (Å²) in [5, 5.41) is 0. The Morgan fingerprint density at radius 2 is 2.11 bits per heavy atom. The zero-order valence-electron chi connectivity index (χ0n) is 10.7. The van der Waals surface area contributed by atoms with Crippen LogP contribution in [0, 0.1) is 0 Å². The molecule has 0 aliphatic carbocycles. The molecule has 0 spiro atoms. The first-order valence-electron chi connectivity index (χ1n) is 6.13. The molecule has 0 bridgehead atoms. The largest absolute Gasteiger partial charge is 0.296 e. The van der Waals surface area contributed by atoms with Crippen molar-refractivity contribution >= 4 is 19.7 Å². The first kappa shape index (κ1) is 13.8. The highest BCUT2D eigenvalue weighted by Crippen LogP contribution is 2.25. The van der Waals surface area contributed by atoms with Gasteiger partial charge in [-0.2, -0.15) is 0 Å². The lowest BCUT2D eigenvalue weighted by Gasteiger charge is -2.33. The molecule has 0 unspecified atom stereocenters. The molecule has 100 valence electrons. The van der Waals surface area contributed by atoms with Crippen LogP contribution in [0.25, 0.3) is 0 Å². The molecule has 1 heterocycles. The van der Waals surface area contributed by atoms with Crippen molar-refractivity contribution in [2.24, 2.45) is 0 Å². The van der Waals surface area contributed by atoms with Crippen molar-refractivity contribution < 1.29 is 8.42 Å². The summed E-state index contributed by atoms with van der Waals surface area (Å²) in [6.07, 6.45) is 0.976. The van der Waals surface area contributed by atoms with Gasteiger partial charge in [0.15, 0.2) is 0 Å². The Labute approximate surface area is 113 Å². The fourth-order valence-corrected chi connectivity index (χ4v) is 3.43. The van der Waals surface area contributed by atoms with Crippen molar-refractivity contribution in [3.63, 3.8) is 0 Å². The minimum Gasteiger partial charge on any atom is -0.296 e. The number of nitrogens with zero attached hydrogens (tertiary/aromatic N) is 1. The summed E-state index contributed by atoms with van der Waals surface area (Å²) in [5.74, 6) is -0.0797. The summed E-state index contributed by atoms with van der Waals surface area (Å²) in [6, 6.07) is 6.33. The molecule has 1 aliphatic rings. The lowest BCUT2D eigenvalue weighted by Crippen LogP contribution is -2.36. The van der Waals surface area contributed by atoms with Gasteiger partial charge in [-0.25, -0.2) is 8.42 Å². The maximum atomic E-state index is 11.3. The lowest BCUT2D eigenvalue weighted by molar-refractivity contribution is 0.203. The Kier molecular flexibility index (Phi) is 3.99. The fraction of sp³-hybridized carbons (Fsp3) is 0.538. The monoisotopic (exact) mass is 287 g/mol. The first-order valence-corrected chi connectivity index (χ1v) is 8.60. The van der Waals surface area contributed by atoms with Gasteiger partial charge in [0.25, 0.3) is 0 Å². The highest BCUT2D eigenvalue weighted by molar-refractivity contribution is 8.13. The number of halogens is 1. The molecule has 0 amide bonds. The molecule has 1 aromatic carbocycles. The van der Waals surface area contributed by atoms with Gasteiger partial charge in [-0.1, -0.05) is 18.2 Å². The molecule has 0 fully saturated rings. The third kappa shape index (κ3) is 3.25. The van der Waals surface area contributed by atoms with Crippen LogP contribution in [0.4, 0.5) is 0 Å². The predicted octanol–water partition coefficient (Wildman–Crippen LogP) is 2.52. The van der Waals surface area contributed by atoms with Gasteiger partial charge in [0.2, 0.25) is 9.05 Å². The second-order valence-electron chi connectivity index (χ2n) is 5.05. The average molecular weight is 288 g/mol. The minimum atomic E-state index is -3.49. The third-order valence-corrected chi connectivity index (χ3v) is 4.44. The molecule has 0 N–H and O–H groups in total. The zero-order chi connectivity index (χ0) is 13.3. The topological polar surface area (TPSA) is 37.4 Å². The number of rotatable bonds is 3. The number of benzene rings is 1. The molecule has 1 aromatic rings. The molecular formula is C13H18ClNO2S. The second-order valence-corrected chi connectivity index (χ2v) is 7.83. The molecule has 3 nitrogen and oxygen atoms in total. The van der Waals surface area contributed by atoms with Crippen molar-refractivity contribution in [2.45, 2.75) is 38.6 Å². The van der Waals surface area contributed by atoms with E-state index in [1.165, 1.54) is 5.56 Å². The van der Waals surface area contributed by atoms with Crippen molar-refractivity contribution in [1.29, 1.82) is 0 Å². The van der Waals surface area contributed by atoms with Gasteiger partial charge in [-0.15, -0.1) is 0 Å². The highest BCUT2D eigenvalue weighted by atomic mass is 35.7. The van der Waals surface area contributed by atoms with Crippen LogP contribution in [0.2, 0.25) is 0 Å². The van der Waals surface area contributed by atoms with Gasteiger partial charge in [-0.05, 0) is 37.0 Å². The van der Waals surface area contributed by atoms with Crippen molar-refractivity contribution in [2.75, 3.05) is 6.54 Å². The third-order valence-electron chi connectivity index (χ3n) is 3.46. The lowest BCUT2D eigenvalue weighted by atomic mass is 9.95. The standard InChI is InChI=1S/C13H18ClNO2S/c1-10(2)15-7-6-11-4-3-5-12(13(11)8-15)9-18(14,16)17/h3-5,10H,6-9H2,1-2H3. The normalized spacial score (nSPS) is 16.9. The van der Waals surface area contributed by atoms with E-state index in [0.717, 1.165) is 30.6 Å². The van der Waals surface area contributed by atoms with Gasteiger partial charge in [0.1, 0.15) is 0 Å². The molecule has 0 saturated carbocycles. The van der Waals surface area contributed by atoms with Crippen molar-refractivity contribution in [3.05, 3.63) is 34.9 Å². The molecule has 0 radical (unpaired) electrons. The Hall–Kier alpha value is -0.580. The van der Waals surface area contributed by atoms with E-state index < -0.39 is 9.05 Å². The van der Waals surface area contributed by atoms with Crippen LogP contribution in [-0.2, 0) is 27.8 Å². The number of hydrogen-bond acceptors (Lipinski definition) is 3. The summed E-state index contributed by atoms with van der Waals surface area (Å²) < 4.78 is 22.5. The van der Waals surface area contributed by atoms with Crippen molar-refractivity contribution in [3.8, 4) is 0 Å². The minimum absolute atomic E-state index is 0.0797. The number of fused-ring (bicyclic) bond motifs is 1. The predicted molar refractivity (Wildman–Crippen MR) is 74.2 cm³/mol. The van der Waals surface area contributed by atoms with E-state index in [4.69, 9.17) is 10.7 Å². The van der Waals surface area contributed by atoms with Crippen LogP contribution in [0.5, 0.6) is 0 Å². The molecule has 2 rings (SSSR count). The number of hydrogen-bond donors (Lipinski definition) is 0. The summed E-state index contributed by atoms with van der Waals surface area (Å²) in [7, 11) is 1.87. The maximum Gasteiger partial charge on any atom is 0.236 e. The smallest absolute Gasteiger partial charge is 0.236 e. The summed E-state index contributed by atoms with van der Waals surface area (Å²) in [6.45, 7) is 6.16. The molecule has 1 aliphatic heterocycles. The van der Waals surface area contributed by atoms with Crippen LogP contribution in [0.1, 0.15) is 30.5 Å². The molecule has 0 saturated heterocycles. The van der Waals surface area contributed by atoms with Crippen LogP contribution in [0.15, 0.2) is 18.2 Å². The van der Waals surface area contributed by atoms with Gasteiger partial charge < -0.3 is 0 Å². The van der Waals surface area contributed by atoms with Crippen LogP contribution >= 0.6 is 10.7 Å². The molecule has 18 heavy (non-hydrogen) atoms. The van der Waals surface area contributed by atoms with Gasteiger partial charge in [0, 0.05) is 29.8 Å². The SMILES string of the molecule is CC(C)N1CCc2cccc(CS(=O)(=O)Cl)c2C1. The van der Waals surface area contributed by atoms with Crippen molar-refractivity contribution in [1.82, 2.24) is 4.90 Å². The van der Waals surface area contributed by atoms with Crippen LogP contribution < -0.4 is 0 Å². The summed E-state index contributed by atoms with van der Waals surface area (Å²) >= 11 is 0. The van der Waals surface area contributed by atoms with Crippen LogP contribution in [-0.4, -0.2) is 25.9 Å². The van der Waals surface area contributed by atoms with E-state index in [-0.39, 0.29) is 5.75 Å². The van der Waals surface area contributed by atoms with Crippen LogP contribution in [0.3, 0.4) is 0 Å². The molecule has 5 heteroatoms. The van der Waals surface area contributed by atoms with E-state index in [9.17, 15) is 8.42 Å². The Bertz CT molecular complexity index is 540. The Morgan fingerprint density at radius 1 is 1.39 bits per heavy atom. The average Bonchev–Trinajstić information content (AvgIpc) is 2.26. The summed E-state index contributed by atoms with van der Waals surface area (Å²) in [4.78, 5) is 2.35. The second kappa shape index (κ2) is 5.19. The quantitative estimate of drug-likeness (QED) is 0.802. The van der Waals surface area contributed by atoms with E-state index >= 15 is 0 Å². The molecule has 0 aromatic heterocycles. The zero-order valence-corrected chi connectivity index (χ0v) is 12.3. The fourth-order valence-electron chi connectivity index (χ4n) is 2.43. The first-order chi connectivity index (χ1) is 8.37. The van der Waals surface area contributed by atoms with Gasteiger partial charge >= 0.3 is 0 Å². The Morgan fingerprint density at radius 3 is 2.72 bits per heavy atom. The van der Waals surface area contributed by atoms with E-state index in [1.807, 2.05) is 12.1 Å². The highest BCUT2D eigenvalue weighted by Gasteiger charge is 2.22. The summed E-state index contributed by atoms with van der Waals surface area (Å²) in [5.41, 5.74) is 3.24. The molecular weight excluding hydrogens is 270 g/mol. The van der Waals surface area contributed by atoms with Gasteiger partial charge in [0.05, 0.1) is 5.75 Å². The molecule has 0 atom stereocenters. The van der Waals surface area contributed by atoms with E-state index in [1.54, 1.807) is 0 Å². The van der Waals surface area contributed by atoms with E-state index in [0.29, 0.717) is 6.04 Å². The maximum absolute atomic E-state index is 11.3. The van der Waals surface area contributed by atoms with E-state index in [2.05, 4.69) is 24.8 Å². The Balaban J connectivity index is 2.34. The van der Waals surface area contributed by atoms with Gasteiger partial charge in [-0.3, -0.25) is 4.90 Å².